The standard InChI is InChI=1S/C10H18N2O3/c1-7(13)10(2,14)9-6-8(15-12-9)4-3-5-11/h6-7,13-14H,3-5,11H2,1-2H3. The molecule has 0 aromatic carbocycles. The summed E-state index contributed by atoms with van der Waals surface area (Å²) in [6, 6.07) is 1.66. The van der Waals surface area contributed by atoms with Crippen molar-refractivity contribution >= 4 is 0 Å². The van der Waals surface area contributed by atoms with Crippen molar-refractivity contribution in [3.05, 3.63) is 17.5 Å². The van der Waals surface area contributed by atoms with Crippen molar-refractivity contribution in [1.82, 2.24) is 5.16 Å². The van der Waals surface area contributed by atoms with Gasteiger partial charge in [0.25, 0.3) is 0 Å². The molecule has 15 heavy (non-hydrogen) atoms. The van der Waals surface area contributed by atoms with E-state index >= 15 is 0 Å². The smallest absolute Gasteiger partial charge is 0.137 e. The molecule has 0 amide bonds. The average molecular weight is 214 g/mol. The van der Waals surface area contributed by atoms with Gasteiger partial charge < -0.3 is 20.5 Å². The van der Waals surface area contributed by atoms with Crippen molar-refractivity contribution < 1.29 is 14.7 Å². The molecule has 1 heterocycles. The second-order valence-corrected chi connectivity index (χ2v) is 3.89. The maximum absolute atomic E-state index is 9.90. The second kappa shape index (κ2) is 4.74. The molecule has 0 aliphatic carbocycles. The summed E-state index contributed by atoms with van der Waals surface area (Å²) in [7, 11) is 0. The van der Waals surface area contributed by atoms with Gasteiger partial charge in [-0.25, -0.2) is 0 Å². The van der Waals surface area contributed by atoms with Crippen LogP contribution in [-0.4, -0.2) is 28.0 Å². The lowest BCUT2D eigenvalue weighted by Gasteiger charge is -2.23. The van der Waals surface area contributed by atoms with E-state index in [2.05, 4.69) is 5.16 Å². The van der Waals surface area contributed by atoms with Gasteiger partial charge in [0.2, 0.25) is 0 Å². The number of hydrogen-bond acceptors (Lipinski definition) is 5. The molecule has 0 saturated heterocycles. The summed E-state index contributed by atoms with van der Waals surface area (Å²) in [6.07, 6.45) is 0.607. The van der Waals surface area contributed by atoms with Gasteiger partial charge in [-0.05, 0) is 26.8 Å². The third-order valence-electron chi connectivity index (χ3n) is 2.52. The molecule has 5 heteroatoms. The van der Waals surface area contributed by atoms with Gasteiger partial charge in [-0.2, -0.15) is 0 Å². The molecule has 4 N–H and O–H groups in total. The summed E-state index contributed by atoms with van der Waals surface area (Å²) >= 11 is 0. The fourth-order valence-electron chi connectivity index (χ4n) is 1.16. The number of aryl methyl sites for hydroxylation is 1. The first-order chi connectivity index (χ1) is 6.98. The lowest BCUT2D eigenvalue weighted by Crippen LogP contribution is -2.34. The van der Waals surface area contributed by atoms with Crippen LogP contribution >= 0.6 is 0 Å². The minimum atomic E-state index is -1.37. The zero-order valence-corrected chi connectivity index (χ0v) is 9.10. The van der Waals surface area contributed by atoms with Crippen LogP contribution in [0.25, 0.3) is 0 Å². The van der Waals surface area contributed by atoms with E-state index in [1.807, 2.05) is 0 Å². The van der Waals surface area contributed by atoms with Crippen molar-refractivity contribution in [2.24, 2.45) is 5.73 Å². The summed E-state index contributed by atoms with van der Waals surface area (Å²) in [4.78, 5) is 0. The number of hydrogen-bond donors (Lipinski definition) is 3. The molecule has 0 spiro atoms. The molecule has 5 nitrogen and oxygen atoms in total. The Morgan fingerprint density at radius 3 is 2.87 bits per heavy atom. The van der Waals surface area contributed by atoms with Crippen LogP contribution in [0.5, 0.6) is 0 Å². The summed E-state index contributed by atoms with van der Waals surface area (Å²) < 4.78 is 5.03. The van der Waals surface area contributed by atoms with Crippen LogP contribution in [0, 0.1) is 0 Å². The van der Waals surface area contributed by atoms with E-state index in [1.165, 1.54) is 13.8 Å². The van der Waals surface area contributed by atoms with E-state index in [1.54, 1.807) is 6.07 Å². The largest absolute Gasteiger partial charge is 0.390 e. The predicted molar refractivity (Wildman–Crippen MR) is 55.1 cm³/mol. The molecule has 2 atom stereocenters. The Morgan fingerprint density at radius 2 is 2.33 bits per heavy atom. The van der Waals surface area contributed by atoms with Gasteiger partial charge in [-0.15, -0.1) is 0 Å². The Bertz CT molecular complexity index is 307. The van der Waals surface area contributed by atoms with Crippen LogP contribution in [0.4, 0.5) is 0 Å². The highest BCUT2D eigenvalue weighted by atomic mass is 16.5. The molecule has 1 aromatic rings. The van der Waals surface area contributed by atoms with Gasteiger partial charge in [0.15, 0.2) is 0 Å². The number of aliphatic hydroxyl groups is 2. The zero-order valence-electron chi connectivity index (χ0n) is 9.10. The second-order valence-electron chi connectivity index (χ2n) is 3.89. The summed E-state index contributed by atoms with van der Waals surface area (Å²) in [6.45, 7) is 3.60. The maximum atomic E-state index is 9.90. The number of aliphatic hydroxyl groups excluding tert-OH is 1. The Kier molecular flexibility index (Phi) is 3.84. The highest BCUT2D eigenvalue weighted by Gasteiger charge is 2.32. The van der Waals surface area contributed by atoms with Crippen molar-refractivity contribution in [1.29, 1.82) is 0 Å². The molecule has 0 aliphatic rings. The summed E-state index contributed by atoms with van der Waals surface area (Å²) in [5.74, 6) is 0.677. The zero-order chi connectivity index (χ0) is 11.5. The Morgan fingerprint density at radius 1 is 1.67 bits per heavy atom. The van der Waals surface area contributed by atoms with Crippen LogP contribution in [0.3, 0.4) is 0 Å². The molecule has 0 bridgehead atoms. The molecule has 1 rings (SSSR count). The first kappa shape index (κ1) is 12.2. The monoisotopic (exact) mass is 214 g/mol. The third kappa shape index (κ3) is 2.77. The number of nitrogens with zero attached hydrogens (tertiary/aromatic N) is 1. The molecule has 0 saturated carbocycles. The number of nitrogens with two attached hydrogens (primary N) is 1. The van der Waals surface area contributed by atoms with Gasteiger partial charge >= 0.3 is 0 Å². The Hall–Kier alpha value is -0.910. The van der Waals surface area contributed by atoms with Gasteiger partial charge in [-0.3, -0.25) is 0 Å². The lowest BCUT2D eigenvalue weighted by atomic mass is 9.96. The van der Waals surface area contributed by atoms with Gasteiger partial charge in [-0.1, -0.05) is 5.16 Å². The van der Waals surface area contributed by atoms with Crippen LogP contribution in [0.1, 0.15) is 31.7 Å². The van der Waals surface area contributed by atoms with E-state index in [4.69, 9.17) is 10.3 Å². The molecule has 0 radical (unpaired) electrons. The van der Waals surface area contributed by atoms with E-state index in [-0.39, 0.29) is 0 Å². The van der Waals surface area contributed by atoms with E-state index in [9.17, 15) is 10.2 Å². The minimum absolute atomic E-state index is 0.351. The van der Waals surface area contributed by atoms with E-state index in [0.29, 0.717) is 24.4 Å². The van der Waals surface area contributed by atoms with Gasteiger partial charge in [0.05, 0.1) is 6.10 Å². The lowest BCUT2D eigenvalue weighted by molar-refractivity contribution is -0.0616. The normalized spacial score (nSPS) is 17.4. The molecule has 86 valence electrons. The first-order valence-corrected chi connectivity index (χ1v) is 5.05. The SMILES string of the molecule is CC(O)C(C)(O)c1cc(CCCN)on1. The van der Waals surface area contributed by atoms with Crippen LogP contribution < -0.4 is 5.73 Å². The molecular formula is C10H18N2O3. The fourth-order valence-corrected chi connectivity index (χ4v) is 1.16. The quantitative estimate of drug-likeness (QED) is 0.649. The highest BCUT2D eigenvalue weighted by Crippen LogP contribution is 2.24. The highest BCUT2D eigenvalue weighted by molar-refractivity contribution is 5.14. The summed E-state index contributed by atoms with van der Waals surface area (Å²) in [5, 5.41) is 23.0. The average Bonchev–Trinajstić information content (AvgIpc) is 2.63. The van der Waals surface area contributed by atoms with E-state index < -0.39 is 11.7 Å². The molecule has 0 aliphatic heterocycles. The Balaban J connectivity index is 2.75. The molecule has 1 aromatic heterocycles. The van der Waals surface area contributed by atoms with Crippen molar-refractivity contribution in [3.8, 4) is 0 Å². The maximum Gasteiger partial charge on any atom is 0.137 e. The fraction of sp³-hybridized carbons (Fsp3) is 0.700. The van der Waals surface area contributed by atoms with E-state index in [0.717, 1.165) is 6.42 Å². The van der Waals surface area contributed by atoms with Crippen molar-refractivity contribution in [3.63, 3.8) is 0 Å². The molecular weight excluding hydrogens is 196 g/mol. The van der Waals surface area contributed by atoms with Crippen LogP contribution in [0.15, 0.2) is 10.6 Å². The van der Waals surface area contributed by atoms with Crippen LogP contribution in [-0.2, 0) is 12.0 Å². The molecule has 2 unspecified atom stereocenters. The third-order valence-corrected chi connectivity index (χ3v) is 2.52. The first-order valence-electron chi connectivity index (χ1n) is 5.05. The minimum Gasteiger partial charge on any atom is -0.390 e. The number of rotatable bonds is 5. The number of aromatic nitrogens is 1. The van der Waals surface area contributed by atoms with Crippen molar-refractivity contribution in [2.75, 3.05) is 6.54 Å². The molecule has 0 fully saturated rings. The van der Waals surface area contributed by atoms with Crippen LogP contribution in [0.2, 0.25) is 0 Å². The Labute approximate surface area is 88.9 Å². The van der Waals surface area contributed by atoms with Crippen molar-refractivity contribution in [2.45, 2.75) is 38.4 Å². The van der Waals surface area contributed by atoms with Gasteiger partial charge in [0.1, 0.15) is 17.1 Å². The predicted octanol–water partition coefficient (Wildman–Crippen LogP) is 0.154. The summed E-state index contributed by atoms with van der Waals surface area (Å²) in [5.41, 5.74) is 4.35. The topological polar surface area (TPSA) is 92.5 Å². The van der Waals surface area contributed by atoms with Gasteiger partial charge in [0, 0.05) is 12.5 Å².